The fourth-order valence-corrected chi connectivity index (χ4v) is 2.68. The topological polar surface area (TPSA) is 69.3 Å². The Balaban J connectivity index is 1.64. The van der Waals surface area contributed by atoms with Gasteiger partial charge in [0.2, 0.25) is 5.79 Å². The third-order valence-electron chi connectivity index (χ3n) is 4.49. The lowest BCUT2D eigenvalue weighted by Gasteiger charge is -2.35. The Morgan fingerprint density at radius 3 is 2.63 bits per heavy atom. The zero-order valence-corrected chi connectivity index (χ0v) is 15.9. The van der Waals surface area contributed by atoms with Gasteiger partial charge in [-0.15, -0.1) is 0 Å². The number of rotatable bonds is 5. The number of nitrogens with one attached hydrogen (secondary N) is 1. The fraction of sp³-hybridized carbons (Fsp3) is 0.350. The fourth-order valence-electron chi connectivity index (χ4n) is 2.68. The van der Waals surface area contributed by atoms with Gasteiger partial charge in [0.05, 0.1) is 7.11 Å². The molecule has 7 heteroatoms. The van der Waals surface area contributed by atoms with E-state index in [9.17, 15) is 4.79 Å². The second-order valence-electron chi connectivity index (χ2n) is 6.43. The summed E-state index contributed by atoms with van der Waals surface area (Å²) >= 11 is 0. The van der Waals surface area contributed by atoms with E-state index in [1.165, 1.54) is 14.2 Å². The molecule has 0 saturated heterocycles. The third-order valence-corrected chi connectivity index (χ3v) is 4.49. The molecule has 7 nitrogen and oxygen atoms in total. The van der Waals surface area contributed by atoms with Crippen LogP contribution >= 0.6 is 0 Å². The number of carbonyl (C=O) groups excluding carboxylic acids is 1. The predicted molar refractivity (Wildman–Crippen MR) is 101 cm³/mol. The summed E-state index contributed by atoms with van der Waals surface area (Å²) in [6, 6.07) is 6.73. The first-order valence-corrected chi connectivity index (χ1v) is 8.64. The van der Waals surface area contributed by atoms with E-state index in [0.717, 1.165) is 22.8 Å². The average molecular weight is 372 g/mol. The molecule has 3 rings (SSSR count). The number of anilines is 1. The maximum atomic E-state index is 11.8. The number of ether oxygens (including phenoxy) is 3. The summed E-state index contributed by atoms with van der Waals surface area (Å²) in [5.74, 6) is 1.49. The Kier molecular flexibility index (Phi) is 5.53. The summed E-state index contributed by atoms with van der Waals surface area (Å²) in [6.07, 6.45) is 7.48. The van der Waals surface area contributed by atoms with Crippen molar-refractivity contribution in [2.24, 2.45) is 0 Å². The van der Waals surface area contributed by atoms with Crippen LogP contribution in [0.25, 0.3) is 0 Å². The van der Waals surface area contributed by atoms with Gasteiger partial charge in [0.1, 0.15) is 17.3 Å². The normalized spacial score (nSPS) is 21.1. The first-order chi connectivity index (χ1) is 12.9. The minimum absolute atomic E-state index is 0.360. The monoisotopic (exact) mass is 372 g/mol. The second-order valence-corrected chi connectivity index (χ2v) is 6.43. The van der Waals surface area contributed by atoms with Crippen LogP contribution in [-0.4, -0.2) is 38.1 Å². The van der Waals surface area contributed by atoms with Crippen molar-refractivity contribution in [3.63, 3.8) is 0 Å². The number of hydrogen-bond donors (Lipinski definition) is 1. The van der Waals surface area contributed by atoms with E-state index in [-0.39, 0.29) is 6.03 Å². The molecule has 1 atom stereocenters. The van der Waals surface area contributed by atoms with E-state index in [4.69, 9.17) is 19.0 Å². The second kappa shape index (κ2) is 7.85. The van der Waals surface area contributed by atoms with Crippen molar-refractivity contribution in [2.75, 3.05) is 26.6 Å². The lowest BCUT2D eigenvalue weighted by molar-refractivity contribution is -0.185. The van der Waals surface area contributed by atoms with Crippen molar-refractivity contribution >= 4 is 11.7 Å². The molecule has 1 heterocycles. The summed E-state index contributed by atoms with van der Waals surface area (Å²) in [6.45, 7) is 1.91. The zero-order valence-electron chi connectivity index (χ0n) is 15.9. The van der Waals surface area contributed by atoms with Crippen molar-refractivity contribution in [1.29, 1.82) is 0 Å². The number of hydroxylamine groups is 2. The largest absolute Gasteiger partial charge is 0.462 e. The Morgan fingerprint density at radius 2 is 1.96 bits per heavy atom. The van der Waals surface area contributed by atoms with Crippen LogP contribution in [0.15, 0.2) is 59.6 Å². The molecule has 0 spiro atoms. The molecule has 144 valence electrons. The number of hydrogen-bond acceptors (Lipinski definition) is 5. The third kappa shape index (κ3) is 4.50. The number of amides is 2. The minimum Gasteiger partial charge on any atom is -0.462 e. The molecule has 1 aromatic rings. The van der Waals surface area contributed by atoms with Crippen LogP contribution in [0.1, 0.15) is 19.8 Å². The van der Waals surface area contributed by atoms with E-state index in [1.54, 1.807) is 31.4 Å². The molecule has 27 heavy (non-hydrogen) atoms. The van der Waals surface area contributed by atoms with E-state index >= 15 is 0 Å². The maximum Gasteiger partial charge on any atom is 0.345 e. The number of methoxy groups -OCH3 is 1. The highest BCUT2D eigenvalue weighted by Crippen LogP contribution is 2.36. The highest BCUT2D eigenvalue weighted by Gasteiger charge is 2.32. The Morgan fingerprint density at radius 1 is 1.22 bits per heavy atom. The SMILES string of the molecule is CON(C)C(=O)Nc1ccc(OC2=CCC3=CCC(C)(OC)OC3=C2)cc1. The number of carbonyl (C=O) groups is 1. The summed E-state index contributed by atoms with van der Waals surface area (Å²) in [7, 11) is 4.59. The first-order valence-electron chi connectivity index (χ1n) is 8.64. The van der Waals surface area contributed by atoms with Gasteiger partial charge in [0, 0.05) is 39.3 Å². The van der Waals surface area contributed by atoms with Gasteiger partial charge in [-0.1, -0.05) is 6.08 Å². The van der Waals surface area contributed by atoms with E-state index < -0.39 is 5.79 Å². The van der Waals surface area contributed by atoms with Crippen molar-refractivity contribution in [3.8, 4) is 5.75 Å². The molecule has 0 saturated carbocycles. The summed E-state index contributed by atoms with van der Waals surface area (Å²) in [5.41, 5.74) is 1.78. The van der Waals surface area contributed by atoms with E-state index in [0.29, 0.717) is 23.6 Å². The maximum absolute atomic E-state index is 11.8. The molecule has 0 aromatic heterocycles. The number of urea groups is 1. The van der Waals surface area contributed by atoms with Gasteiger partial charge >= 0.3 is 6.03 Å². The lowest BCUT2D eigenvalue weighted by Crippen LogP contribution is -2.33. The molecule has 0 fully saturated rings. The Labute approximate surface area is 158 Å². The number of nitrogens with zero attached hydrogens (tertiary/aromatic N) is 1. The van der Waals surface area contributed by atoms with Crippen molar-refractivity contribution in [2.45, 2.75) is 25.6 Å². The quantitative estimate of drug-likeness (QED) is 0.792. The molecular weight excluding hydrogens is 348 g/mol. The first kappa shape index (κ1) is 19.0. The van der Waals surface area contributed by atoms with E-state index in [1.807, 2.05) is 19.1 Å². The van der Waals surface area contributed by atoms with Gasteiger partial charge in [-0.05, 0) is 42.3 Å². The van der Waals surface area contributed by atoms with Crippen LogP contribution < -0.4 is 10.1 Å². The standard InChI is InChI=1S/C20H24N2O5/c1-20(24-3)12-11-14-5-8-17(13-18(14)27-20)26-16-9-6-15(7-10-16)21-19(23)22(2)25-4/h6-11,13H,5,12H2,1-4H3,(H,21,23). The predicted octanol–water partition coefficient (Wildman–Crippen LogP) is 3.97. The summed E-state index contributed by atoms with van der Waals surface area (Å²) in [5, 5.41) is 3.82. The van der Waals surface area contributed by atoms with Crippen molar-refractivity contribution in [1.82, 2.24) is 5.06 Å². The average Bonchev–Trinajstić information content (AvgIpc) is 2.68. The van der Waals surface area contributed by atoms with Gasteiger partial charge < -0.3 is 19.5 Å². The van der Waals surface area contributed by atoms with E-state index in [2.05, 4.69) is 11.4 Å². The van der Waals surface area contributed by atoms with Gasteiger partial charge in [-0.2, -0.15) is 0 Å². The molecule has 0 bridgehead atoms. The van der Waals surface area contributed by atoms with Gasteiger partial charge in [0.25, 0.3) is 0 Å². The van der Waals surface area contributed by atoms with Crippen LogP contribution in [0.2, 0.25) is 0 Å². The van der Waals surface area contributed by atoms with Crippen LogP contribution in [0, 0.1) is 0 Å². The highest BCUT2D eigenvalue weighted by molar-refractivity contribution is 5.88. The van der Waals surface area contributed by atoms with Gasteiger partial charge in [-0.3, -0.25) is 4.84 Å². The molecule has 1 unspecified atom stereocenters. The number of benzene rings is 1. The van der Waals surface area contributed by atoms with Crippen LogP contribution in [-0.2, 0) is 14.3 Å². The zero-order chi connectivity index (χ0) is 19.4. The number of allylic oxidation sites excluding steroid dienone is 3. The molecule has 0 radical (unpaired) electrons. The van der Waals surface area contributed by atoms with Crippen molar-refractivity contribution in [3.05, 3.63) is 59.6 Å². The summed E-state index contributed by atoms with van der Waals surface area (Å²) in [4.78, 5) is 16.6. The van der Waals surface area contributed by atoms with Crippen LogP contribution in [0.3, 0.4) is 0 Å². The highest BCUT2D eigenvalue weighted by atomic mass is 16.7. The minimum atomic E-state index is -0.646. The van der Waals surface area contributed by atoms with Crippen LogP contribution in [0.4, 0.5) is 10.5 Å². The number of fused-ring (bicyclic) bond motifs is 1. The van der Waals surface area contributed by atoms with Crippen molar-refractivity contribution < 1.29 is 23.8 Å². The molecule has 1 aliphatic carbocycles. The van der Waals surface area contributed by atoms with Gasteiger partial charge in [-0.25, -0.2) is 9.86 Å². The molecule has 2 amide bonds. The molecule has 1 N–H and O–H groups in total. The van der Waals surface area contributed by atoms with Crippen LogP contribution in [0.5, 0.6) is 5.75 Å². The molecule has 1 aromatic carbocycles. The molecular formula is C20H24N2O5. The molecule has 2 aliphatic rings. The van der Waals surface area contributed by atoms with Gasteiger partial charge in [0.15, 0.2) is 0 Å². The Hall–Kier alpha value is -2.77. The lowest BCUT2D eigenvalue weighted by atomic mass is 9.98. The Bertz CT molecular complexity index is 797. The summed E-state index contributed by atoms with van der Waals surface area (Å²) < 4.78 is 17.3. The smallest absolute Gasteiger partial charge is 0.345 e. The molecule has 1 aliphatic heterocycles.